The molecule has 0 aliphatic carbocycles. The second kappa shape index (κ2) is 10.9. The Morgan fingerprint density at radius 3 is 2.69 bits per heavy atom. The lowest BCUT2D eigenvalue weighted by Crippen LogP contribution is -2.36. The van der Waals surface area contributed by atoms with Gasteiger partial charge in [0, 0.05) is 18.9 Å². The maximum absolute atomic E-state index is 12.6. The molecule has 170 valence electrons. The second-order valence-electron chi connectivity index (χ2n) is 7.76. The number of nitrogens with zero attached hydrogens (tertiary/aromatic N) is 2. The molecule has 0 spiro atoms. The topological polar surface area (TPSA) is 129 Å². The van der Waals surface area contributed by atoms with Gasteiger partial charge in [0.05, 0.1) is 18.5 Å². The molecule has 0 unspecified atom stereocenters. The van der Waals surface area contributed by atoms with Gasteiger partial charge in [0.25, 0.3) is 5.91 Å². The Hall–Kier alpha value is -3.87. The summed E-state index contributed by atoms with van der Waals surface area (Å²) >= 11 is 0. The molecule has 2 N–H and O–H groups in total. The van der Waals surface area contributed by atoms with Gasteiger partial charge in [0.2, 0.25) is 5.43 Å². The summed E-state index contributed by atoms with van der Waals surface area (Å²) in [6.45, 7) is 5.14. The maximum Gasteiger partial charge on any atom is 0.408 e. The van der Waals surface area contributed by atoms with Crippen LogP contribution in [0.3, 0.4) is 0 Å². The molecule has 0 bridgehead atoms. The lowest BCUT2D eigenvalue weighted by atomic mass is 10.2. The van der Waals surface area contributed by atoms with Crippen LogP contribution in [0.4, 0.5) is 4.79 Å². The predicted molar refractivity (Wildman–Crippen MR) is 117 cm³/mol. The highest BCUT2D eigenvalue weighted by Gasteiger charge is 2.17. The molecule has 2 amide bonds. The minimum absolute atomic E-state index is 0.0259. The maximum atomic E-state index is 12.6. The number of hydrogen-bond acceptors (Lipinski definition) is 7. The zero-order valence-electron chi connectivity index (χ0n) is 18.3. The van der Waals surface area contributed by atoms with E-state index in [4.69, 9.17) is 15.9 Å². The largest absolute Gasteiger partial charge is 0.464 e. The lowest BCUT2D eigenvalue weighted by Gasteiger charge is -2.19. The standard InChI is InChI=1S/C22H26N4O6/c1-5-11-26-14-16(18(28)15-8-6-9-23-19(15)26)20(29)24-10-7-12-31-17(27)13-25-21(30)32-22(2,3)4/h1,6,8-9,14H,7,10-13H2,2-4H3,(H,24,29)(H,25,30). The van der Waals surface area contributed by atoms with Gasteiger partial charge in [-0.2, -0.15) is 0 Å². The van der Waals surface area contributed by atoms with Crippen molar-refractivity contribution in [3.05, 3.63) is 40.3 Å². The van der Waals surface area contributed by atoms with E-state index in [2.05, 4.69) is 21.5 Å². The van der Waals surface area contributed by atoms with Crippen molar-refractivity contribution in [2.75, 3.05) is 19.7 Å². The van der Waals surface area contributed by atoms with Gasteiger partial charge in [0.1, 0.15) is 23.4 Å². The van der Waals surface area contributed by atoms with E-state index in [1.54, 1.807) is 43.7 Å². The first-order valence-electron chi connectivity index (χ1n) is 9.94. The smallest absolute Gasteiger partial charge is 0.408 e. The Morgan fingerprint density at radius 1 is 1.25 bits per heavy atom. The molecule has 0 atom stereocenters. The molecule has 10 heteroatoms. The van der Waals surface area contributed by atoms with Gasteiger partial charge >= 0.3 is 12.1 Å². The first-order chi connectivity index (χ1) is 15.1. The molecule has 32 heavy (non-hydrogen) atoms. The summed E-state index contributed by atoms with van der Waals surface area (Å²) in [5, 5.41) is 5.21. The van der Waals surface area contributed by atoms with Crippen LogP contribution < -0.4 is 16.1 Å². The number of esters is 1. The van der Waals surface area contributed by atoms with E-state index in [0.717, 1.165) is 0 Å². The van der Waals surface area contributed by atoms with Crippen molar-refractivity contribution in [3.8, 4) is 12.3 Å². The summed E-state index contributed by atoms with van der Waals surface area (Å²) in [7, 11) is 0. The number of carbonyl (C=O) groups is 3. The van der Waals surface area contributed by atoms with Crippen LogP contribution in [0.15, 0.2) is 29.3 Å². The first kappa shape index (κ1) is 24.4. The third-order valence-corrected chi connectivity index (χ3v) is 3.98. The number of aromatic nitrogens is 2. The minimum atomic E-state index is -0.720. The van der Waals surface area contributed by atoms with Gasteiger partial charge in [-0.05, 0) is 39.3 Å². The van der Waals surface area contributed by atoms with Crippen molar-refractivity contribution in [1.29, 1.82) is 0 Å². The zero-order valence-corrected chi connectivity index (χ0v) is 18.3. The number of alkyl carbamates (subject to hydrolysis) is 1. The molecule has 2 aromatic rings. The van der Waals surface area contributed by atoms with E-state index in [1.165, 1.54) is 6.20 Å². The molecule has 0 aromatic carbocycles. The molecule has 0 saturated carbocycles. The Morgan fingerprint density at radius 2 is 2.00 bits per heavy atom. The third kappa shape index (κ3) is 7.12. The first-order valence-corrected chi connectivity index (χ1v) is 9.94. The van der Waals surface area contributed by atoms with E-state index in [1.807, 2.05) is 0 Å². The molecule has 0 radical (unpaired) electrons. The summed E-state index contributed by atoms with van der Waals surface area (Å²) in [6.07, 6.45) is 7.89. The molecular weight excluding hydrogens is 416 g/mol. The fourth-order valence-corrected chi connectivity index (χ4v) is 2.67. The van der Waals surface area contributed by atoms with Gasteiger partial charge < -0.3 is 24.7 Å². The molecule has 2 rings (SSSR count). The van der Waals surface area contributed by atoms with Crippen LogP contribution in [0.1, 0.15) is 37.6 Å². The number of carbonyl (C=O) groups excluding carboxylic acids is 3. The van der Waals surface area contributed by atoms with Crippen LogP contribution in [-0.4, -0.2) is 52.8 Å². The molecule has 0 aliphatic rings. The van der Waals surface area contributed by atoms with Gasteiger partial charge in [-0.1, -0.05) is 5.92 Å². The van der Waals surface area contributed by atoms with Crippen molar-refractivity contribution >= 4 is 29.0 Å². The summed E-state index contributed by atoms with van der Waals surface area (Å²) in [5.41, 5.74) is -0.769. The number of fused-ring (bicyclic) bond motifs is 1. The second-order valence-corrected chi connectivity index (χ2v) is 7.76. The number of ether oxygens (including phenoxy) is 2. The minimum Gasteiger partial charge on any atom is -0.464 e. The van der Waals surface area contributed by atoms with Crippen molar-refractivity contribution in [3.63, 3.8) is 0 Å². The average molecular weight is 442 g/mol. The highest BCUT2D eigenvalue weighted by molar-refractivity contribution is 5.96. The van der Waals surface area contributed by atoms with Crippen LogP contribution in [0, 0.1) is 12.3 Å². The lowest BCUT2D eigenvalue weighted by molar-refractivity contribution is -0.142. The van der Waals surface area contributed by atoms with Gasteiger partial charge in [-0.3, -0.25) is 14.4 Å². The highest BCUT2D eigenvalue weighted by atomic mass is 16.6. The summed E-state index contributed by atoms with van der Waals surface area (Å²) < 4.78 is 11.6. The third-order valence-electron chi connectivity index (χ3n) is 3.98. The van der Waals surface area contributed by atoms with E-state index < -0.39 is 29.0 Å². The summed E-state index contributed by atoms with van der Waals surface area (Å²) in [6, 6.07) is 3.19. The Bertz CT molecular complexity index is 1090. The van der Waals surface area contributed by atoms with Crippen LogP contribution >= 0.6 is 0 Å². The monoisotopic (exact) mass is 442 g/mol. The fourth-order valence-electron chi connectivity index (χ4n) is 2.67. The van der Waals surface area contributed by atoms with Crippen molar-refractivity contribution in [1.82, 2.24) is 20.2 Å². The van der Waals surface area contributed by atoms with Crippen LogP contribution in [-0.2, 0) is 20.8 Å². The van der Waals surface area contributed by atoms with Gasteiger partial charge in [0.15, 0.2) is 0 Å². The number of pyridine rings is 2. The van der Waals surface area contributed by atoms with E-state index in [-0.39, 0.29) is 31.8 Å². The summed E-state index contributed by atoms with van der Waals surface area (Å²) in [4.78, 5) is 52.4. The number of hydrogen-bond donors (Lipinski definition) is 2. The van der Waals surface area contributed by atoms with Crippen molar-refractivity contribution < 1.29 is 23.9 Å². The molecule has 0 saturated heterocycles. The van der Waals surface area contributed by atoms with E-state index in [9.17, 15) is 19.2 Å². The van der Waals surface area contributed by atoms with Crippen molar-refractivity contribution in [2.24, 2.45) is 0 Å². The molecule has 0 aliphatic heterocycles. The normalized spacial score (nSPS) is 10.8. The number of terminal acetylenes is 1. The molecule has 2 heterocycles. The van der Waals surface area contributed by atoms with Crippen LogP contribution in [0.25, 0.3) is 11.0 Å². The van der Waals surface area contributed by atoms with Crippen LogP contribution in [0.5, 0.6) is 0 Å². The quantitative estimate of drug-likeness (QED) is 0.357. The van der Waals surface area contributed by atoms with Crippen LogP contribution in [0.2, 0.25) is 0 Å². The molecule has 0 fully saturated rings. The average Bonchev–Trinajstić information content (AvgIpc) is 2.73. The van der Waals surface area contributed by atoms with E-state index in [0.29, 0.717) is 17.5 Å². The molecule has 10 nitrogen and oxygen atoms in total. The van der Waals surface area contributed by atoms with Crippen molar-refractivity contribution in [2.45, 2.75) is 39.3 Å². The predicted octanol–water partition coefficient (Wildman–Crippen LogP) is 1.22. The molecule has 2 aromatic heterocycles. The van der Waals surface area contributed by atoms with Gasteiger partial charge in [-0.25, -0.2) is 9.78 Å². The highest BCUT2D eigenvalue weighted by Crippen LogP contribution is 2.09. The zero-order chi connectivity index (χ0) is 23.7. The number of rotatable bonds is 8. The van der Waals surface area contributed by atoms with E-state index >= 15 is 0 Å². The number of nitrogens with one attached hydrogen (secondary N) is 2. The SMILES string of the molecule is C#CCn1cc(C(=O)NCCCOC(=O)CNC(=O)OC(C)(C)C)c(=O)c2cccnc21. The Labute approximate surface area is 185 Å². The van der Waals surface area contributed by atoms with Gasteiger partial charge in [-0.15, -0.1) is 6.42 Å². The summed E-state index contributed by atoms with van der Waals surface area (Å²) in [5.74, 6) is 1.26. The Balaban J connectivity index is 1.83. The Kier molecular flexibility index (Phi) is 8.35. The fraction of sp³-hybridized carbons (Fsp3) is 0.409. The number of amides is 2. The molecular formula is C22H26N4O6.